The molecule has 2 fully saturated rings. The molecule has 0 radical (unpaired) electrons. The summed E-state index contributed by atoms with van der Waals surface area (Å²) in [7, 11) is 1.35. The summed E-state index contributed by atoms with van der Waals surface area (Å²) >= 11 is 0. The third-order valence-corrected chi connectivity index (χ3v) is 3.50. The first-order chi connectivity index (χ1) is 6.69. The van der Waals surface area contributed by atoms with Crippen LogP contribution in [0.3, 0.4) is 0 Å². The average molecular weight is 194 g/mol. The van der Waals surface area contributed by atoms with E-state index in [1.165, 1.54) is 7.11 Å². The lowest BCUT2D eigenvalue weighted by Gasteiger charge is -2.09. The van der Waals surface area contributed by atoms with Gasteiger partial charge in [0.25, 0.3) is 0 Å². The summed E-state index contributed by atoms with van der Waals surface area (Å²) in [6.45, 7) is 1.91. The number of carbonyl (C=O) groups excluding carboxylic acids is 2. The second kappa shape index (κ2) is 2.94. The van der Waals surface area contributed by atoms with Gasteiger partial charge >= 0.3 is 5.97 Å². The number of rotatable bonds is 2. The molecule has 0 aliphatic heterocycles. The summed E-state index contributed by atoms with van der Waals surface area (Å²) in [5, 5.41) is 0. The largest absolute Gasteiger partial charge is 0.468 e. The number of fused-ring (bicyclic) bond motifs is 1. The van der Waals surface area contributed by atoms with Crippen LogP contribution in [-0.2, 0) is 14.3 Å². The van der Waals surface area contributed by atoms with Crippen LogP contribution in [-0.4, -0.2) is 18.9 Å². The lowest BCUT2D eigenvalue weighted by atomic mass is 9.98. The molecule has 2 aliphatic carbocycles. The Bertz CT molecular complexity index is 318. The van der Waals surface area contributed by atoms with Gasteiger partial charge in [0.15, 0.2) is 5.78 Å². The maximum Gasteiger partial charge on any atom is 0.320 e. The highest BCUT2D eigenvalue weighted by Crippen LogP contribution is 2.67. The number of ketones is 1. The smallest absolute Gasteiger partial charge is 0.320 e. The third kappa shape index (κ3) is 0.873. The van der Waals surface area contributed by atoms with E-state index in [1.54, 1.807) is 0 Å². The molecule has 14 heavy (non-hydrogen) atoms. The number of esters is 1. The predicted molar refractivity (Wildman–Crippen MR) is 50.5 cm³/mol. The Hall–Kier alpha value is -1.12. The number of methoxy groups -OCH3 is 1. The molecule has 1 unspecified atom stereocenters. The molecule has 0 saturated heterocycles. The van der Waals surface area contributed by atoms with Gasteiger partial charge in [-0.15, -0.1) is 0 Å². The van der Waals surface area contributed by atoms with Gasteiger partial charge in [0, 0.05) is 12.3 Å². The molecule has 0 aromatic heterocycles. The molecule has 0 bridgehead atoms. The molecular weight excluding hydrogens is 180 g/mol. The molecule has 0 aromatic rings. The molecule has 76 valence electrons. The lowest BCUT2D eigenvalue weighted by Crippen LogP contribution is -2.27. The van der Waals surface area contributed by atoms with Crippen molar-refractivity contribution in [2.24, 2.45) is 17.3 Å². The van der Waals surface area contributed by atoms with Crippen LogP contribution in [0.1, 0.15) is 19.8 Å². The normalized spacial score (nSPS) is 40.0. The SMILES string of the molecule is CC=CC1[C@H]2CCC(=O)[C@]12C(=O)OC. The molecule has 2 aliphatic rings. The fourth-order valence-electron chi connectivity index (χ4n) is 2.85. The van der Waals surface area contributed by atoms with E-state index in [4.69, 9.17) is 4.74 Å². The van der Waals surface area contributed by atoms with Gasteiger partial charge in [-0.25, -0.2) is 0 Å². The van der Waals surface area contributed by atoms with Crippen LogP contribution in [0.15, 0.2) is 12.2 Å². The Labute approximate surface area is 83.1 Å². The van der Waals surface area contributed by atoms with Crippen LogP contribution in [0.25, 0.3) is 0 Å². The molecule has 0 N–H and O–H groups in total. The summed E-state index contributed by atoms with van der Waals surface area (Å²) < 4.78 is 4.73. The van der Waals surface area contributed by atoms with Crippen molar-refractivity contribution in [3.05, 3.63) is 12.2 Å². The van der Waals surface area contributed by atoms with Crippen LogP contribution >= 0.6 is 0 Å². The minimum atomic E-state index is -0.790. The first kappa shape index (κ1) is 9.44. The van der Waals surface area contributed by atoms with Crippen molar-refractivity contribution in [2.75, 3.05) is 7.11 Å². The van der Waals surface area contributed by atoms with Crippen LogP contribution in [0.4, 0.5) is 0 Å². The Morgan fingerprint density at radius 1 is 1.64 bits per heavy atom. The second-order valence-corrected chi connectivity index (χ2v) is 3.98. The topological polar surface area (TPSA) is 43.4 Å². The molecule has 0 aromatic carbocycles. The quantitative estimate of drug-likeness (QED) is 0.378. The van der Waals surface area contributed by atoms with Gasteiger partial charge in [-0.3, -0.25) is 9.59 Å². The van der Waals surface area contributed by atoms with Gasteiger partial charge in [0.05, 0.1) is 7.11 Å². The molecule has 0 amide bonds. The molecular formula is C11H14O3. The van der Waals surface area contributed by atoms with E-state index in [1.807, 2.05) is 19.1 Å². The highest BCUT2D eigenvalue weighted by Gasteiger charge is 2.75. The lowest BCUT2D eigenvalue weighted by molar-refractivity contribution is -0.151. The van der Waals surface area contributed by atoms with E-state index in [0.29, 0.717) is 6.42 Å². The van der Waals surface area contributed by atoms with Crippen LogP contribution in [0.5, 0.6) is 0 Å². The van der Waals surface area contributed by atoms with E-state index in [0.717, 1.165) is 6.42 Å². The molecule has 3 nitrogen and oxygen atoms in total. The summed E-state index contributed by atoms with van der Waals surface area (Å²) in [6.07, 6.45) is 5.23. The molecule has 3 heteroatoms. The predicted octanol–water partition coefficient (Wildman–Crippen LogP) is 1.33. The van der Waals surface area contributed by atoms with Gasteiger partial charge in [0.2, 0.25) is 0 Å². The molecule has 3 atom stereocenters. The maximum absolute atomic E-state index is 11.7. The van der Waals surface area contributed by atoms with Gasteiger partial charge in [-0.05, 0) is 19.3 Å². The highest BCUT2D eigenvalue weighted by molar-refractivity contribution is 6.10. The zero-order valence-corrected chi connectivity index (χ0v) is 8.45. The maximum atomic E-state index is 11.7. The Morgan fingerprint density at radius 3 is 2.93 bits per heavy atom. The van der Waals surface area contributed by atoms with Crippen molar-refractivity contribution in [1.29, 1.82) is 0 Å². The fourth-order valence-corrected chi connectivity index (χ4v) is 2.85. The summed E-state index contributed by atoms with van der Waals surface area (Å²) in [5.74, 6) is 0.0328. The van der Waals surface area contributed by atoms with Crippen molar-refractivity contribution in [3.63, 3.8) is 0 Å². The van der Waals surface area contributed by atoms with E-state index in [2.05, 4.69) is 0 Å². The Morgan fingerprint density at radius 2 is 2.36 bits per heavy atom. The van der Waals surface area contributed by atoms with Crippen molar-refractivity contribution >= 4 is 11.8 Å². The zero-order chi connectivity index (χ0) is 10.3. The summed E-state index contributed by atoms with van der Waals surface area (Å²) in [4.78, 5) is 23.3. The third-order valence-electron chi connectivity index (χ3n) is 3.50. The minimum absolute atomic E-state index is 0.0671. The highest BCUT2D eigenvalue weighted by atomic mass is 16.5. The van der Waals surface area contributed by atoms with E-state index in [-0.39, 0.29) is 23.6 Å². The first-order valence-corrected chi connectivity index (χ1v) is 4.94. The summed E-state index contributed by atoms with van der Waals surface area (Å²) in [6, 6.07) is 0. The van der Waals surface area contributed by atoms with Crippen LogP contribution < -0.4 is 0 Å². The van der Waals surface area contributed by atoms with Gasteiger partial charge < -0.3 is 4.74 Å². The average Bonchev–Trinajstić information content (AvgIpc) is 2.69. The van der Waals surface area contributed by atoms with E-state index in [9.17, 15) is 9.59 Å². The van der Waals surface area contributed by atoms with Crippen molar-refractivity contribution in [2.45, 2.75) is 19.8 Å². The van der Waals surface area contributed by atoms with Gasteiger partial charge in [0.1, 0.15) is 5.41 Å². The van der Waals surface area contributed by atoms with Gasteiger partial charge in [-0.2, -0.15) is 0 Å². The monoisotopic (exact) mass is 194 g/mol. The second-order valence-electron chi connectivity index (χ2n) is 3.98. The fraction of sp³-hybridized carbons (Fsp3) is 0.636. The Kier molecular flexibility index (Phi) is 1.98. The zero-order valence-electron chi connectivity index (χ0n) is 8.45. The first-order valence-electron chi connectivity index (χ1n) is 4.94. The van der Waals surface area contributed by atoms with Crippen molar-refractivity contribution in [1.82, 2.24) is 0 Å². The van der Waals surface area contributed by atoms with Crippen LogP contribution in [0.2, 0.25) is 0 Å². The molecule has 0 heterocycles. The molecule has 0 spiro atoms. The summed E-state index contributed by atoms with van der Waals surface area (Å²) in [5.41, 5.74) is -0.790. The molecule has 2 saturated carbocycles. The number of hydrogen-bond acceptors (Lipinski definition) is 3. The minimum Gasteiger partial charge on any atom is -0.468 e. The van der Waals surface area contributed by atoms with Crippen LogP contribution in [0, 0.1) is 17.3 Å². The number of Topliss-reactive ketones (excluding diaryl/α,β-unsaturated/α-hetero) is 1. The number of hydrogen-bond donors (Lipinski definition) is 0. The number of ether oxygens (including phenoxy) is 1. The number of carbonyl (C=O) groups is 2. The van der Waals surface area contributed by atoms with Crippen molar-refractivity contribution < 1.29 is 14.3 Å². The van der Waals surface area contributed by atoms with E-state index >= 15 is 0 Å². The van der Waals surface area contributed by atoms with E-state index < -0.39 is 5.41 Å². The van der Waals surface area contributed by atoms with Gasteiger partial charge in [-0.1, -0.05) is 12.2 Å². The number of allylic oxidation sites excluding steroid dienone is 2. The van der Waals surface area contributed by atoms with Crippen molar-refractivity contribution in [3.8, 4) is 0 Å². The Balaban J connectivity index is 2.30. The molecule has 2 rings (SSSR count). The standard InChI is InChI=1S/C11H14O3/c1-3-4-7-8-5-6-9(12)11(7,8)10(13)14-2/h3-4,7-8H,5-6H2,1-2H3/t7?,8-,11+/m1/s1.